The molecule has 0 spiro atoms. The highest BCUT2D eigenvalue weighted by atomic mass is 16.5. The van der Waals surface area contributed by atoms with Crippen molar-refractivity contribution in [3.05, 3.63) is 0 Å². The third-order valence-electron chi connectivity index (χ3n) is 3.79. The summed E-state index contributed by atoms with van der Waals surface area (Å²) < 4.78 is 5.84. The lowest BCUT2D eigenvalue weighted by molar-refractivity contribution is 0.0270. The first kappa shape index (κ1) is 11.4. The van der Waals surface area contributed by atoms with Crippen LogP contribution in [0.4, 0.5) is 0 Å². The van der Waals surface area contributed by atoms with Crippen LogP contribution in [0.15, 0.2) is 0 Å². The van der Waals surface area contributed by atoms with Crippen molar-refractivity contribution in [3.63, 3.8) is 0 Å². The monoisotopic (exact) mass is 212 g/mol. The zero-order chi connectivity index (χ0) is 10.8. The Morgan fingerprint density at radius 2 is 2.07 bits per heavy atom. The van der Waals surface area contributed by atoms with E-state index >= 15 is 0 Å². The minimum Gasteiger partial charge on any atom is -0.374 e. The molecule has 1 saturated heterocycles. The summed E-state index contributed by atoms with van der Waals surface area (Å²) in [7, 11) is 2.20. The second kappa shape index (κ2) is 4.81. The van der Waals surface area contributed by atoms with Crippen LogP contribution in [0.1, 0.15) is 32.6 Å². The van der Waals surface area contributed by atoms with Crippen molar-refractivity contribution in [2.45, 2.75) is 50.9 Å². The molecule has 2 fully saturated rings. The fourth-order valence-electron chi connectivity index (χ4n) is 2.69. The summed E-state index contributed by atoms with van der Waals surface area (Å²) >= 11 is 0. The quantitative estimate of drug-likeness (QED) is 0.745. The molecule has 0 radical (unpaired) electrons. The molecule has 1 heterocycles. The van der Waals surface area contributed by atoms with E-state index in [-0.39, 0.29) is 0 Å². The van der Waals surface area contributed by atoms with Crippen LogP contribution in [0.5, 0.6) is 0 Å². The first-order valence-electron chi connectivity index (χ1n) is 6.26. The van der Waals surface area contributed by atoms with Gasteiger partial charge in [-0.2, -0.15) is 0 Å². The topological polar surface area (TPSA) is 38.5 Å². The summed E-state index contributed by atoms with van der Waals surface area (Å²) in [5, 5.41) is 0. The minimum atomic E-state index is 0.442. The van der Waals surface area contributed by atoms with E-state index in [1.165, 1.54) is 25.7 Å². The molecule has 2 rings (SSSR count). The minimum absolute atomic E-state index is 0.442. The van der Waals surface area contributed by atoms with Crippen LogP contribution in [0, 0.1) is 5.92 Å². The number of likely N-dealkylation sites (N-methyl/N-ethyl adjacent to an activating group) is 1. The molecule has 0 aromatic heterocycles. The maximum atomic E-state index is 5.84. The number of ether oxygens (including phenoxy) is 1. The maximum Gasteiger partial charge on any atom is 0.0706 e. The molecule has 15 heavy (non-hydrogen) atoms. The van der Waals surface area contributed by atoms with Crippen LogP contribution in [0.2, 0.25) is 0 Å². The third kappa shape index (κ3) is 2.92. The van der Waals surface area contributed by atoms with Gasteiger partial charge in [0.2, 0.25) is 0 Å². The van der Waals surface area contributed by atoms with Crippen molar-refractivity contribution in [2.75, 3.05) is 20.1 Å². The van der Waals surface area contributed by atoms with Gasteiger partial charge in [0.1, 0.15) is 0 Å². The summed E-state index contributed by atoms with van der Waals surface area (Å²) in [6.07, 6.45) is 6.07. The van der Waals surface area contributed by atoms with Crippen molar-refractivity contribution in [1.82, 2.24) is 4.90 Å². The summed E-state index contributed by atoms with van der Waals surface area (Å²) in [5.41, 5.74) is 5.83. The lowest BCUT2D eigenvalue weighted by atomic mass is 10.1. The zero-order valence-electron chi connectivity index (χ0n) is 9.98. The Morgan fingerprint density at radius 1 is 1.33 bits per heavy atom. The van der Waals surface area contributed by atoms with Crippen molar-refractivity contribution in [2.24, 2.45) is 11.7 Å². The fourth-order valence-corrected chi connectivity index (χ4v) is 2.69. The average Bonchev–Trinajstić information content (AvgIpc) is 2.93. The van der Waals surface area contributed by atoms with Gasteiger partial charge in [0, 0.05) is 19.1 Å². The van der Waals surface area contributed by atoms with E-state index < -0.39 is 0 Å². The van der Waals surface area contributed by atoms with E-state index in [0.717, 1.165) is 19.0 Å². The number of nitrogens with zero attached hydrogens (tertiary/aromatic N) is 1. The molecule has 2 aliphatic rings. The van der Waals surface area contributed by atoms with Gasteiger partial charge in [-0.25, -0.2) is 0 Å². The van der Waals surface area contributed by atoms with E-state index in [0.29, 0.717) is 18.2 Å². The van der Waals surface area contributed by atoms with Crippen molar-refractivity contribution < 1.29 is 4.74 Å². The highest BCUT2D eigenvalue weighted by Crippen LogP contribution is 2.35. The first-order chi connectivity index (χ1) is 7.20. The predicted octanol–water partition coefficient (Wildman–Crippen LogP) is 1.22. The van der Waals surface area contributed by atoms with E-state index in [1.54, 1.807) is 0 Å². The number of rotatable bonds is 5. The number of hydrogen-bond donors (Lipinski definition) is 1. The van der Waals surface area contributed by atoms with Gasteiger partial charge in [-0.15, -0.1) is 0 Å². The van der Waals surface area contributed by atoms with Crippen molar-refractivity contribution in [3.8, 4) is 0 Å². The SMILES string of the molecule is CC1CCC(CN(C)C(CN)C2CC2)O1. The molecule has 3 unspecified atom stereocenters. The standard InChI is InChI=1S/C12H24N2O/c1-9-3-6-11(15-9)8-14(2)12(7-13)10-4-5-10/h9-12H,3-8,13H2,1-2H3. The zero-order valence-corrected chi connectivity index (χ0v) is 9.98. The summed E-state index contributed by atoms with van der Waals surface area (Å²) in [5.74, 6) is 0.860. The van der Waals surface area contributed by atoms with Crippen molar-refractivity contribution >= 4 is 0 Å². The summed E-state index contributed by atoms with van der Waals surface area (Å²) in [6, 6.07) is 0.588. The Balaban J connectivity index is 1.77. The molecule has 0 aromatic carbocycles. The molecule has 2 N–H and O–H groups in total. The van der Waals surface area contributed by atoms with Gasteiger partial charge in [0.25, 0.3) is 0 Å². The van der Waals surface area contributed by atoms with Gasteiger partial charge in [-0.05, 0) is 45.6 Å². The number of nitrogens with two attached hydrogens (primary N) is 1. The molecule has 0 bridgehead atoms. The second-order valence-corrected chi connectivity index (χ2v) is 5.23. The van der Waals surface area contributed by atoms with Crippen LogP contribution < -0.4 is 5.73 Å². The highest BCUT2D eigenvalue weighted by Gasteiger charge is 2.34. The Bertz CT molecular complexity index is 206. The summed E-state index contributed by atoms with van der Waals surface area (Å²) in [6.45, 7) is 4.02. The lowest BCUT2D eigenvalue weighted by Gasteiger charge is -2.29. The molecular weight excluding hydrogens is 188 g/mol. The van der Waals surface area contributed by atoms with Crippen LogP contribution in [-0.2, 0) is 4.74 Å². The Kier molecular flexibility index (Phi) is 3.65. The van der Waals surface area contributed by atoms with E-state index in [4.69, 9.17) is 10.5 Å². The van der Waals surface area contributed by atoms with Crippen molar-refractivity contribution in [1.29, 1.82) is 0 Å². The smallest absolute Gasteiger partial charge is 0.0706 e. The first-order valence-corrected chi connectivity index (χ1v) is 6.26. The molecule has 1 saturated carbocycles. The molecule has 3 nitrogen and oxygen atoms in total. The number of hydrogen-bond acceptors (Lipinski definition) is 3. The predicted molar refractivity (Wildman–Crippen MR) is 61.8 cm³/mol. The van der Waals surface area contributed by atoms with Crippen LogP contribution in [0.3, 0.4) is 0 Å². The molecule has 88 valence electrons. The molecule has 1 aliphatic carbocycles. The second-order valence-electron chi connectivity index (χ2n) is 5.23. The molecule has 1 aliphatic heterocycles. The van der Waals surface area contributed by atoms with Gasteiger partial charge in [0.15, 0.2) is 0 Å². The fraction of sp³-hybridized carbons (Fsp3) is 1.00. The van der Waals surface area contributed by atoms with E-state index in [1.807, 2.05) is 0 Å². The van der Waals surface area contributed by atoms with E-state index in [2.05, 4.69) is 18.9 Å². The third-order valence-corrected chi connectivity index (χ3v) is 3.79. The molecular formula is C12H24N2O. The summed E-state index contributed by atoms with van der Waals surface area (Å²) in [4.78, 5) is 2.42. The van der Waals surface area contributed by atoms with Gasteiger partial charge in [-0.1, -0.05) is 0 Å². The van der Waals surface area contributed by atoms with Gasteiger partial charge >= 0.3 is 0 Å². The van der Waals surface area contributed by atoms with Crippen LogP contribution >= 0.6 is 0 Å². The highest BCUT2D eigenvalue weighted by molar-refractivity contribution is 4.89. The van der Waals surface area contributed by atoms with E-state index in [9.17, 15) is 0 Å². The molecule has 3 heteroatoms. The van der Waals surface area contributed by atoms with Crippen LogP contribution in [-0.4, -0.2) is 43.3 Å². The Morgan fingerprint density at radius 3 is 2.53 bits per heavy atom. The largest absolute Gasteiger partial charge is 0.374 e. The van der Waals surface area contributed by atoms with Gasteiger partial charge in [-0.3, -0.25) is 4.90 Å². The van der Waals surface area contributed by atoms with Gasteiger partial charge in [0.05, 0.1) is 12.2 Å². The lowest BCUT2D eigenvalue weighted by Crippen LogP contribution is -2.43. The molecule has 0 aromatic rings. The molecule has 0 amide bonds. The maximum absolute atomic E-state index is 5.84. The average molecular weight is 212 g/mol. The normalized spacial score (nSPS) is 33.6. The Hall–Kier alpha value is -0.120. The molecule has 3 atom stereocenters. The Labute approximate surface area is 93.0 Å². The van der Waals surface area contributed by atoms with Gasteiger partial charge < -0.3 is 10.5 Å². The van der Waals surface area contributed by atoms with Crippen LogP contribution in [0.25, 0.3) is 0 Å².